The molecule has 0 unspecified atom stereocenters. The Labute approximate surface area is 150 Å². The maximum atomic E-state index is 12.6. The van der Waals surface area contributed by atoms with Gasteiger partial charge in [0, 0.05) is 22.8 Å². The number of hydrogen-bond donors (Lipinski definition) is 2. The van der Waals surface area contributed by atoms with Crippen molar-refractivity contribution in [3.8, 4) is 0 Å². The van der Waals surface area contributed by atoms with Gasteiger partial charge in [0.15, 0.2) is 0 Å². The normalized spacial score (nSPS) is 13.4. The lowest BCUT2D eigenvalue weighted by atomic mass is 10.0. The van der Waals surface area contributed by atoms with Crippen LogP contribution in [0.5, 0.6) is 0 Å². The summed E-state index contributed by atoms with van der Waals surface area (Å²) in [4.78, 5) is 29.7. The Hall–Kier alpha value is -1.92. The van der Waals surface area contributed by atoms with Crippen molar-refractivity contribution in [3.05, 3.63) is 51.4 Å². The molecular weight excluding hydrogens is 346 g/mol. The third-order valence-corrected chi connectivity index (χ3v) is 4.97. The van der Waals surface area contributed by atoms with E-state index in [0.717, 1.165) is 4.88 Å². The molecule has 5 nitrogen and oxygen atoms in total. The van der Waals surface area contributed by atoms with Crippen LogP contribution in [0, 0.1) is 5.92 Å². The summed E-state index contributed by atoms with van der Waals surface area (Å²) >= 11 is 7.36. The molecule has 2 atom stereocenters. The van der Waals surface area contributed by atoms with E-state index in [9.17, 15) is 9.59 Å². The molecule has 0 saturated heterocycles. The first-order valence-corrected chi connectivity index (χ1v) is 8.84. The average Bonchev–Trinajstić information content (AvgIpc) is 2.99. The van der Waals surface area contributed by atoms with E-state index in [1.54, 1.807) is 30.6 Å². The summed E-state index contributed by atoms with van der Waals surface area (Å²) in [5.74, 6) is -0.558. The van der Waals surface area contributed by atoms with Crippen LogP contribution in [0.4, 0.5) is 0 Å². The van der Waals surface area contributed by atoms with Gasteiger partial charge in [-0.2, -0.15) is 0 Å². The molecule has 7 heteroatoms. The SMILES string of the molecule is CC(C)[C@@H](NC(=O)c1ccncc1)C(=O)N[C@@H](C)c1ccc(Cl)s1. The fourth-order valence-electron chi connectivity index (χ4n) is 2.20. The Bertz CT molecular complexity index is 703. The van der Waals surface area contributed by atoms with Gasteiger partial charge in [-0.3, -0.25) is 14.6 Å². The molecule has 2 heterocycles. The van der Waals surface area contributed by atoms with Gasteiger partial charge in [-0.05, 0) is 37.1 Å². The van der Waals surface area contributed by atoms with Crippen molar-refractivity contribution < 1.29 is 9.59 Å². The smallest absolute Gasteiger partial charge is 0.252 e. The minimum absolute atomic E-state index is 0.0464. The highest BCUT2D eigenvalue weighted by molar-refractivity contribution is 7.16. The molecule has 24 heavy (non-hydrogen) atoms. The topological polar surface area (TPSA) is 71.1 Å². The monoisotopic (exact) mass is 365 g/mol. The number of thiophene rings is 1. The number of carbonyl (C=O) groups excluding carboxylic acids is 2. The molecule has 2 amide bonds. The van der Waals surface area contributed by atoms with Crippen molar-refractivity contribution in [3.63, 3.8) is 0 Å². The summed E-state index contributed by atoms with van der Waals surface area (Å²) < 4.78 is 0.678. The number of rotatable bonds is 6. The predicted octanol–water partition coefficient (Wildman–Crippen LogP) is 3.43. The number of nitrogens with zero attached hydrogens (tertiary/aromatic N) is 1. The summed E-state index contributed by atoms with van der Waals surface area (Å²) in [7, 11) is 0. The largest absolute Gasteiger partial charge is 0.347 e. The zero-order valence-corrected chi connectivity index (χ0v) is 15.3. The van der Waals surface area contributed by atoms with Gasteiger partial charge in [-0.15, -0.1) is 11.3 Å². The molecule has 0 aromatic carbocycles. The fourth-order valence-corrected chi connectivity index (χ4v) is 3.26. The molecule has 0 fully saturated rings. The number of carbonyl (C=O) groups is 2. The van der Waals surface area contributed by atoms with E-state index < -0.39 is 6.04 Å². The van der Waals surface area contributed by atoms with Crippen LogP contribution in [0.25, 0.3) is 0 Å². The third-order valence-electron chi connectivity index (χ3n) is 3.56. The van der Waals surface area contributed by atoms with Gasteiger partial charge < -0.3 is 10.6 Å². The van der Waals surface area contributed by atoms with Gasteiger partial charge in [-0.1, -0.05) is 25.4 Å². The van der Waals surface area contributed by atoms with Crippen LogP contribution < -0.4 is 10.6 Å². The van der Waals surface area contributed by atoms with Crippen LogP contribution in [-0.4, -0.2) is 22.8 Å². The summed E-state index contributed by atoms with van der Waals surface area (Å²) in [6, 6.07) is 6.12. The minimum Gasteiger partial charge on any atom is -0.347 e. The van der Waals surface area contributed by atoms with Crippen LogP contribution in [0.2, 0.25) is 4.34 Å². The van der Waals surface area contributed by atoms with Crippen molar-refractivity contribution in [2.45, 2.75) is 32.9 Å². The van der Waals surface area contributed by atoms with E-state index in [4.69, 9.17) is 11.6 Å². The average molecular weight is 366 g/mol. The van der Waals surface area contributed by atoms with E-state index >= 15 is 0 Å². The molecular formula is C17H20ClN3O2S. The van der Waals surface area contributed by atoms with Crippen LogP contribution in [-0.2, 0) is 4.79 Å². The Balaban J connectivity index is 2.04. The summed E-state index contributed by atoms with van der Waals surface area (Å²) in [6.07, 6.45) is 3.09. The molecule has 0 aliphatic rings. The molecule has 0 spiro atoms. The van der Waals surface area contributed by atoms with Crippen molar-refractivity contribution in [2.24, 2.45) is 5.92 Å². The molecule has 128 valence electrons. The molecule has 2 aromatic rings. The van der Waals surface area contributed by atoms with E-state index in [2.05, 4.69) is 15.6 Å². The third kappa shape index (κ3) is 4.79. The first kappa shape index (κ1) is 18.4. The summed E-state index contributed by atoms with van der Waals surface area (Å²) in [6.45, 7) is 5.68. The number of halogens is 1. The second kappa shape index (κ2) is 8.26. The number of aromatic nitrogens is 1. The Morgan fingerprint density at radius 2 is 1.75 bits per heavy atom. The Morgan fingerprint density at radius 3 is 2.29 bits per heavy atom. The summed E-state index contributed by atoms with van der Waals surface area (Å²) in [5, 5.41) is 5.73. The number of amides is 2. The molecule has 0 aliphatic heterocycles. The lowest BCUT2D eigenvalue weighted by Gasteiger charge is -2.23. The maximum Gasteiger partial charge on any atom is 0.252 e. The van der Waals surface area contributed by atoms with Crippen LogP contribution >= 0.6 is 22.9 Å². The number of hydrogen-bond acceptors (Lipinski definition) is 4. The molecule has 0 bridgehead atoms. The van der Waals surface area contributed by atoms with Gasteiger partial charge in [0.05, 0.1) is 10.4 Å². The van der Waals surface area contributed by atoms with Crippen LogP contribution in [0.1, 0.15) is 42.0 Å². The van der Waals surface area contributed by atoms with Crippen LogP contribution in [0.15, 0.2) is 36.7 Å². The van der Waals surface area contributed by atoms with Crippen molar-refractivity contribution >= 4 is 34.8 Å². The lowest BCUT2D eigenvalue weighted by molar-refractivity contribution is -0.124. The van der Waals surface area contributed by atoms with Crippen molar-refractivity contribution in [1.29, 1.82) is 0 Å². The van der Waals surface area contributed by atoms with Gasteiger partial charge in [0.1, 0.15) is 6.04 Å². The van der Waals surface area contributed by atoms with E-state index in [0.29, 0.717) is 9.90 Å². The molecule has 0 aliphatic carbocycles. The van der Waals surface area contributed by atoms with Crippen LogP contribution in [0.3, 0.4) is 0 Å². The number of pyridine rings is 1. The highest BCUT2D eigenvalue weighted by atomic mass is 35.5. The molecule has 2 aromatic heterocycles. The highest BCUT2D eigenvalue weighted by Crippen LogP contribution is 2.26. The molecule has 2 rings (SSSR count). The van der Waals surface area contributed by atoms with Gasteiger partial charge in [-0.25, -0.2) is 0 Å². The van der Waals surface area contributed by atoms with E-state index in [1.165, 1.54) is 11.3 Å². The standard InChI is InChI=1S/C17H20ClN3O2S/c1-10(2)15(21-16(22)12-6-8-19-9-7-12)17(23)20-11(3)13-4-5-14(18)24-13/h4-11,15H,1-3H3,(H,20,23)(H,21,22)/t11-,15+/m0/s1. The maximum absolute atomic E-state index is 12.6. The van der Waals surface area contributed by atoms with E-state index in [1.807, 2.05) is 26.8 Å². The zero-order chi connectivity index (χ0) is 17.7. The Kier molecular flexibility index (Phi) is 6.34. The first-order chi connectivity index (χ1) is 11.4. The molecule has 0 radical (unpaired) electrons. The van der Waals surface area contributed by atoms with E-state index in [-0.39, 0.29) is 23.8 Å². The van der Waals surface area contributed by atoms with Gasteiger partial charge >= 0.3 is 0 Å². The van der Waals surface area contributed by atoms with Gasteiger partial charge in [0.25, 0.3) is 5.91 Å². The first-order valence-electron chi connectivity index (χ1n) is 7.65. The minimum atomic E-state index is -0.622. The number of nitrogens with one attached hydrogen (secondary N) is 2. The summed E-state index contributed by atoms with van der Waals surface area (Å²) in [5.41, 5.74) is 0.474. The van der Waals surface area contributed by atoms with Gasteiger partial charge in [0.2, 0.25) is 5.91 Å². The molecule has 2 N–H and O–H groups in total. The zero-order valence-electron chi connectivity index (χ0n) is 13.7. The second-order valence-corrected chi connectivity index (χ2v) is 7.55. The molecule has 0 saturated carbocycles. The fraction of sp³-hybridized carbons (Fsp3) is 0.353. The quantitative estimate of drug-likeness (QED) is 0.823. The Morgan fingerprint density at radius 1 is 1.08 bits per heavy atom. The predicted molar refractivity (Wildman–Crippen MR) is 96.2 cm³/mol. The second-order valence-electron chi connectivity index (χ2n) is 5.80. The van der Waals surface area contributed by atoms with Crippen molar-refractivity contribution in [1.82, 2.24) is 15.6 Å². The van der Waals surface area contributed by atoms with Crippen molar-refractivity contribution in [2.75, 3.05) is 0 Å². The highest BCUT2D eigenvalue weighted by Gasteiger charge is 2.26. The lowest BCUT2D eigenvalue weighted by Crippen LogP contribution is -2.50.